The van der Waals surface area contributed by atoms with Crippen LogP contribution in [0.4, 0.5) is 0 Å². The molecule has 4 rings (SSSR count). The summed E-state index contributed by atoms with van der Waals surface area (Å²) >= 11 is 6.08. The molecule has 2 aliphatic rings. The summed E-state index contributed by atoms with van der Waals surface area (Å²) in [6.07, 6.45) is 7.52. The van der Waals surface area contributed by atoms with Crippen LogP contribution in [0.3, 0.4) is 0 Å². The minimum absolute atomic E-state index is 0.451. The lowest BCUT2D eigenvalue weighted by molar-refractivity contribution is 0.376. The van der Waals surface area contributed by atoms with Crippen LogP contribution in [0.2, 0.25) is 5.02 Å². The molecule has 0 amide bonds. The molecule has 0 bridgehead atoms. The van der Waals surface area contributed by atoms with Crippen molar-refractivity contribution in [1.29, 1.82) is 0 Å². The van der Waals surface area contributed by atoms with Crippen molar-refractivity contribution in [3.8, 4) is 0 Å². The van der Waals surface area contributed by atoms with Gasteiger partial charge in [-0.15, -0.1) is 0 Å². The highest BCUT2D eigenvalue weighted by Crippen LogP contribution is 2.33. The second-order valence-corrected chi connectivity index (χ2v) is 6.37. The fourth-order valence-corrected chi connectivity index (χ4v) is 3.84. The Kier molecular flexibility index (Phi) is 3.08. The van der Waals surface area contributed by atoms with E-state index in [4.69, 9.17) is 16.0 Å². The Morgan fingerprint density at radius 1 is 1.15 bits per heavy atom. The maximum absolute atomic E-state index is 6.08. The third-order valence-corrected chi connectivity index (χ3v) is 4.82. The Bertz CT molecular complexity index is 634. The number of fused-ring (bicyclic) bond motifs is 2. The predicted octanol–water partition coefficient (Wildman–Crippen LogP) is 4.07. The second kappa shape index (κ2) is 4.94. The van der Waals surface area contributed by atoms with Crippen molar-refractivity contribution in [2.24, 2.45) is 0 Å². The summed E-state index contributed by atoms with van der Waals surface area (Å²) in [7, 11) is 0. The summed E-state index contributed by atoms with van der Waals surface area (Å²) < 4.78 is 5.57. The summed E-state index contributed by atoms with van der Waals surface area (Å²) in [4.78, 5) is 0. The molecule has 1 aromatic heterocycles. The SMILES string of the molecule is Clc1ccc2c(c1)CC(NC1CCCc3occc31)C2. The van der Waals surface area contributed by atoms with Crippen molar-refractivity contribution in [1.82, 2.24) is 5.32 Å². The van der Waals surface area contributed by atoms with Crippen molar-refractivity contribution >= 4 is 11.6 Å². The molecule has 0 saturated carbocycles. The van der Waals surface area contributed by atoms with Gasteiger partial charge in [0.1, 0.15) is 5.76 Å². The molecule has 3 heteroatoms. The molecule has 2 aliphatic carbocycles. The van der Waals surface area contributed by atoms with Crippen molar-refractivity contribution in [2.45, 2.75) is 44.2 Å². The third-order valence-electron chi connectivity index (χ3n) is 4.59. The van der Waals surface area contributed by atoms with Crippen molar-refractivity contribution < 1.29 is 4.42 Å². The number of nitrogens with one attached hydrogen (secondary N) is 1. The van der Waals surface area contributed by atoms with Crippen LogP contribution in [-0.4, -0.2) is 6.04 Å². The van der Waals surface area contributed by atoms with Gasteiger partial charge in [-0.1, -0.05) is 17.7 Å². The standard InChI is InChI=1S/C17H18ClNO/c18-13-5-4-11-9-14(10-12(11)8-13)19-16-2-1-3-17-15(16)6-7-20-17/h4-8,14,16,19H,1-3,9-10H2. The van der Waals surface area contributed by atoms with Crippen LogP contribution in [0, 0.1) is 0 Å². The highest BCUT2D eigenvalue weighted by atomic mass is 35.5. The first-order valence-corrected chi connectivity index (χ1v) is 7.77. The van der Waals surface area contributed by atoms with E-state index in [0.29, 0.717) is 12.1 Å². The van der Waals surface area contributed by atoms with E-state index in [1.54, 1.807) is 0 Å². The van der Waals surface area contributed by atoms with E-state index in [2.05, 4.69) is 23.5 Å². The van der Waals surface area contributed by atoms with E-state index >= 15 is 0 Å². The molecule has 0 radical (unpaired) electrons. The molecule has 2 aromatic rings. The largest absolute Gasteiger partial charge is 0.469 e. The highest BCUT2D eigenvalue weighted by Gasteiger charge is 2.28. The maximum Gasteiger partial charge on any atom is 0.108 e. The maximum atomic E-state index is 6.08. The molecule has 0 spiro atoms. The van der Waals surface area contributed by atoms with Gasteiger partial charge in [-0.2, -0.15) is 0 Å². The second-order valence-electron chi connectivity index (χ2n) is 5.93. The van der Waals surface area contributed by atoms with Crippen LogP contribution in [-0.2, 0) is 19.3 Å². The number of hydrogen-bond donors (Lipinski definition) is 1. The van der Waals surface area contributed by atoms with Crippen molar-refractivity contribution in [3.05, 3.63) is 58.0 Å². The van der Waals surface area contributed by atoms with Gasteiger partial charge in [0.05, 0.1) is 6.26 Å². The van der Waals surface area contributed by atoms with Gasteiger partial charge in [0.25, 0.3) is 0 Å². The molecular weight excluding hydrogens is 270 g/mol. The zero-order chi connectivity index (χ0) is 13.5. The number of furan rings is 1. The van der Waals surface area contributed by atoms with Gasteiger partial charge in [0, 0.05) is 29.1 Å². The Hall–Kier alpha value is -1.25. The molecule has 104 valence electrons. The van der Waals surface area contributed by atoms with Gasteiger partial charge < -0.3 is 9.73 Å². The van der Waals surface area contributed by atoms with Crippen LogP contribution in [0.5, 0.6) is 0 Å². The van der Waals surface area contributed by atoms with E-state index < -0.39 is 0 Å². The average Bonchev–Trinajstić information content (AvgIpc) is 3.04. The van der Waals surface area contributed by atoms with E-state index in [1.165, 1.54) is 35.3 Å². The molecule has 2 nitrogen and oxygen atoms in total. The average molecular weight is 288 g/mol. The van der Waals surface area contributed by atoms with E-state index in [-0.39, 0.29) is 0 Å². The first-order valence-electron chi connectivity index (χ1n) is 7.39. The van der Waals surface area contributed by atoms with Crippen LogP contribution >= 0.6 is 11.6 Å². The number of rotatable bonds is 2. The van der Waals surface area contributed by atoms with Gasteiger partial charge >= 0.3 is 0 Å². The van der Waals surface area contributed by atoms with Crippen molar-refractivity contribution in [2.75, 3.05) is 0 Å². The molecule has 0 saturated heterocycles. The van der Waals surface area contributed by atoms with Crippen LogP contribution in [0.15, 0.2) is 34.9 Å². The zero-order valence-electron chi connectivity index (χ0n) is 11.4. The van der Waals surface area contributed by atoms with Crippen LogP contribution in [0.1, 0.15) is 41.3 Å². The number of hydrogen-bond acceptors (Lipinski definition) is 2. The summed E-state index contributed by atoms with van der Waals surface area (Å²) in [5, 5.41) is 4.67. The minimum atomic E-state index is 0.451. The molecule has 0 aliphatic heterocycles. The Balaban J connectivity index is 1.50. The first-order chi connectivity index (χ1) is 9.79. The number of halogens is 1. The van der Waals surface area contributed by atoms with E-state index in [1.807, 2.05) is 12.3 Å². The Morgan fingerprint density at radius 2 is 2.05 bits per heavy atom. The van der Waals surface area contributed by atoms with Gasteiger partial charge in [0.15, 0.2) is 0 Å². The van der Waals surface area contributed by atoms with Crippen molar-refractivity contribution in [3.63, 3.8) is 0 Å². The quantitative estimate of drug-likeness (QED) is 0.901. The van der Waals surface area contributed by atoms with E-state index in [9.17, 15) is 0 Å². The molecule has 2 unspecified atom stereocenters. The van der Waals surface area contributed by atoms with Gasteiger partial charge in [-0.05, 0) is 55.0 Å². The minimum Gasteiger partial charge on any atom is -0.469 e. The van der Waals surface area contributed by atoms with Crippen LogP contribution < -0.4 is 5.32 Å². The third kappa shape index (κ3) is 2.17. The molecule has 0 fully saturated rings. The summed E-state index contributed by atoms with van der Waals surface area (Å²) in [5.41, 5.74) is 4.21. The molecule has 1 N–H and O–H groups in total. The Morgan fingerprint density at radius 3 is 3.00 bits per heavy atom. The lowest BCUT2D eigenvalue weighted by atomic mass is 9.92. The molecule has 20 heavy (non-hydrogen) atoms. The van der Waals surface area contributed by atoms with Gasteiger partial charge in [0.2, 0.25) is 0 Å². The fourth-order valence-electron chi connectivity index (χ4n) is 3.65. The highest BCUT2D eigenvalue weighted by molar-refractivity contribution is 6.30. The first kappa shape index (κ1) is 12.5. The monoisotopic (exact) mass is 287 g/mol. The number of benzene rings is 1. The smallest absolute Gasteiger partial charge is 0.108 e. The lowest BCUT2D eigenvalue weighted by Gasteiger charge is -2.26. The zero-order valence-corrected chi connectivity index (χ0v) is 12.1. The van der Waals surface area contributed by atoms with Gasteiger partial charge in [-0.25, -0.2) is 0 Å². The van der Waals surface area contributed by atoms with Crippen LogP contribution in [0.25, 0.3) is 0 Å². The predicted molar refractivity (Wildman–Crippen MR) is 80.2 cm³/mol. The normalized spacial score (nSPS) is 24.4. The number of aryl methyl sites for hydroxylation is 1. The van der Waals surface area contributed by atoms with E-state index in [0.717, 1.165) is 24.3 Å². The lowest BCUT2D eigenvalue weighted by Crippen LogP contribution is -2.34. The summed E-state index contributed by atoms with van der Waals surface area (Å²) in [6, 6.07) is 9.39. The Labute approximate surface area is 124 Å². The molecular formula is C17H18ClNO. The summed E-state index contributed by atoms with van der Waals surface area (Å²) in [6.45, 7) is 0. The van der Waals surface area contributed by atoms with Gasteiger partial charge in [-0.3, -0.25) is 0 Å². The fraction of sp³-hybridized carbons (Fsp3) is 0.412. The molecule has 1 aromatic carbocycles. The molecule has 2 atom stereocenters. The summed E-state index contributed by atoms with van der Waals surface area (Å²) in [5.74, 6) is 1.17. The topological polar surface area (TPSA) is 25.2 Å². The molecule has 1 heterocycles.